The lowest BCUT2D eigenvalue weighted by molar-refractivity contribution is -0.132. The number of fused-ring (bicyclic) bond motifs is 2. The number of amides is 1. The lowest BCUT2D eigenvalue weighted by atomic mass is 9.94. The maximum absolute atomic E-state index is 13.5. The molecule has 2 aliphatic rings. The molecule has 1 amide bonds. The van der Waals surface area contributed by atoms with E-state index in [1.807, 2.05) is 13.0 Å². The van der Waals surface area contributed by atoms with Crippen molar-refractivity contribution in [1.29, 1.82) is 0 Å². The third-order valence-electron chi connectivity index (χ3n) is 6.72. The highest BCUT2D eigenvalue weighted by Gasteiger charge is 2.48. The van der Waals surface area contributed by atoms with Crippen LogP contribution in [0.3, 0.4) is 0 Å². The number of carbonyl (C=O) groups excluding carboxylic acids is 2. The van der Waals surface area contributed by atoms with Gasteiger partial charge in [-0.15, -0.1) is 0 Å². The maximum Gasteiger partial charge on any atom is 0.301 e. The van der Waals surface area contributed by atoms with E-state index >= 15 is 0 Å². The first-order valence-electron chi connectivity index (χ1n) is 12.3. The highest BCUT2D eigenvalue weighted by molar-refractivity contribution is 7.22. The fourth-order valence-electron chi connectivity index (χ4n) is 4.96. The molecule has 9 heteroatoms. The summed E-state index contributed by atoms with van der Waals surface area (Å²) in [5, 5.41) is 12.4. The van der Waals surface area contributed by atoms with Crippen molar-refractivity contribution in [2.24, 2.45) is 0 Å². The number of nitrogens with zero attached hydrogens (tertiary/aromatic N) is 2. The Morgan fingerprint density at radius 3 is 2.77 bits per heavy atom. The van der Waals surface area contributed by atoms with Crippen LogP contribution in [0.5, 0.6) is 11.5 Å². The number of aliphatic hydroxyl groups is 1. The SMILES string of the molecule is C=CCOc1ccc(C2/C(=C(\O)c3ccc4c(c3)CC(C)O4)C(=O)C(=O)N2c2nc3ccc(Cl)cc3s2)cc1. The first-order valence-corrected chi connectivity index (χ1v) is 13.5. The van der Waals surface area contributed by atoms with Crippen LogP contribution in [0.2, 0.25) is 5.02 Å². The first kappa shape index (κ1) is 25.2. The molecule has 2 aliphatic heterocycles. The Labute approximate surface area is 233 Å². The minimum Gasteiger partial charge on any atom is -0.507 e. The van der Waals surface area contributed by atoms with Gasteiger partial charge in [-0.2, -0.15) is 0 Å². The number of anilines is 1. The van der Waals surface area contributed by atoms with Gasteiger partial charge in [0.25, 0.3) is 5.78 Å². The Morgan fingerprint density at radius 1 is 1.21 bits per heavy atom. The average Bonchev–Trinajstić information content (AvgIpc) is 3.59. The largest absolute Gasteiger partial charge is 0.507 e. The molecule has 1 N–H and O–H groups in total. The number of aliphatic hydroxyl groups excluding tert-OH is 1. The molecule has 1 fully saturated rings. The second-order valence-electron chi connectivity index (χ2n) is 9.40. The molecule has 6 rings (SSSR count). The molecule has 1 saturated heterocycles. The number of hydrogen-bond acceptors (Lipinski definition) is 7. The van der Waals surface area contributed by atoms with Gasteiger partial charge in [-0.25, -0.2) is 4.98 Å². The zero-order valence-electron chi connectivity index (χ0n) is 20.9. The number of halogens is 1. The van der Waals surface area contributed by atoms with Crippen molar-refractivity contribution in [2.75, 3.05) is 11.5 Å². The van der Waals surface area contributed by atoms with Crippen LogP contribution in [0.25, 0.3) is 16.0 Å². The van der Waals surface area contributed by atoms with E-state index in [4.69, 9.17) is 21.1 Å². The third kappa shape index (κ3) is 4.45. The summed E-state index contributed by atoms with van der Waals surface area (Å²) in [6, 6.07) is 16.7. The number of Topliss-reactive ketones (excluding diaryl/α,β-unsaturated/α-hetero) is 1. The van der Waals surface area contributed by atoms with Gasteiger partial charge in [0.1, 0.15) is 30.0 Å². The summed E-state index contributed by atoms with van der Waals surface area (Å²) in [5.41, 5.74) is 2.64. The summed E-state index contributed by atoms with van der Waals surface area (Å²) < 4.78 is 12.2. The lowest BCUT2D eigenvalue weighted by Crippen LogP contribution is -2.29. The Morgan fingerprint density at radius 2 is 2.00 bits per heavy atom. The number of ketones is 1. The van der Waals surface area contributed by atoms with Crippen LogP contribution in [-0.2, 0) is 16.0 Å². The van der Waals surface area contributed by atoms with E-state index < -0.39 is 17.7 Å². The van der Waals surface area contributed by atoms with Gasteiger partial charge in [0.15, 0.2) is 5.13 Å². The first-order chi connectivity index (χ1) is 18.8. The van der Waals surface area contributed by atoms with Crippen LogP contribution in [0, 0.1) is 0 Å². The van der Waals surface area contributed by atoms with E-state index in [1.54, 1.807) is 60.7 Å². The second kappa shape index (κ2) is 9.87. The van der Waals surface area contributed by atoms with Gasteiger partial charge in [0, 0.05) is 17.0 Å². The summed E-state index contributed by atoms with van der Waals surface area (Å²) in [5.74, 6) is -0.444. The topological polar surface area (TPSA) is 89.0 Å². The van der Waals surface area contributed by atoms with E-state index in [-0.39, 0.29) is 17.4 Å². The summed E-state index contributed by atoms with van der Waals surface area (Å²) in [7, 11) is 0. The predicted octanol–water partition coefficient (Wildman–Crippen LogP) is 6.46. The van der Waals surface area contributed by atoms with Crippen molar-refractivity contribution in [3.8, 4) is 11.5 Å². The summed E-state index contributed by atoms with van der Waals surface area (Å²) in [4.78, 5) is 33.1. The molecule has 3 aromatic carbocycles. The van der Waals surface area contributed by atoms with Crippen LogP contribution in [0.4, 0.5) is 5.13 Å². The number of ether oxygens (including phenoxy) is 2. The summed E-state index contributed by atoms with van der Waals surface area (Å²) >= 11 is 7.43. The molecule has 2 unspecified atom stereocenters. The number of hydrogen-bond donors (Lipinski definition) is 1. The summed E-state index contributed by atoms with van der Waals surface area (Å²) in [6.45, 7) is 5.97. The number of thiazole rings is 1. The van der Waals surface area contributed by atoms with Crippen LogP contribution >= 0.6 is 22.9 Å². The maximum atomic E-state index is 13.5. The normalized spacial score (nSPS) is 19.8. The minimum absolute atomic E-state index is 0.0102. The van der Waals surface area contributed by atoms with Gasteiger partial charge in [-0.3, -0.25) is 14.5 Å². The quantitative estimate of drug-likeness (QED) is 0.126. The van der Waals surface area contributed by atoms with E-state index in [1.165, 1.54) is 16.2 Å². The highest BCUT2D eigenvalue weighted by atomic mass is 35.5. The van der Waals surface area contributed by atoms with Gasteiger partial charge in [0.2, 0.25) is 0 Å². The van der Waals surface area contributed by atoms with Crippen LogP contribution in [0.1, 0.15) is 29.7 Å². The molecule has 39 heavy (non-hydrogen) atoms. The molecule has 0 aliphatic carbocycles. The Balaban J connectivity index is 1.50. The number of carbonyl (C=O) groups is 2. The molecule has 0 bridgehead atoms. The van der Waals surface area contributed by atoms with Gasteiger partial charge < -0.3 is 14.6 Å². The molecule has 1 aromatic heterocycles. The van der Waals surface area contributed by atoms with Crippen molar-refractivity contribution in [3.63, 3.8) is 0 Å². The molecule has 7 nitrogen and oxygen atoms in total. The Kier molecular flexibility index (Phi) is 6.37. The fraction of sp³-hybridized carbons (Fsp3) is 0.167. The van der Waals surface area contributed by atoms with Crippen molar-refractivity contribution in [3.05, 3.63) is 101 Å². The van der Waals surface area contributed by atoms with Crippen LogP contribution in [-0.4, -0.2) is 34.5 Å². The van der Waals surface area contributed by atoms with Gasteiger partial charge in [0.05, 0.1) is 21.8 Å². The third-order valence-corrected chi connectivity index (χ3v) is 7.98. The summed E-state index contributed by atoms with van der Waals surface area (Å²) in [6.07, 6.45) is 2.36. The Bertz CT molecular complexity index is 1680. The molecular formula is C30H23ClN2O5S. The molecule has 3 heterocycles. The molecule has 4 aromatic rings. The lowest BCUT2D eigenvalue weighted by Gasteiger charge is -2.23. The number of rotatable bonds is 6. The van der Waals surface area contributed by atoms with Crippen LogP contribution in [0.15, 0.2) is 78.9 Å². The van der Waals surface area contributed by atoms with Crippen molar-refractivity contribution in [2.45, 2.75) is 25.5 Å². The molecule has 2 atom stereocenters. The zero-order chi connectivity index (χ0) is 27.3. The van der Waals surface area contributed by atoms with Crippen molar-refractivity contribution >= 4 is 55.7 Å². The highest BCUT2D eigenvalue weighted by Crippen LogP contribution is 2.45. The predicted molar refractivity (Wildman–Crippen MR) is 152 cm³/mol. The van der Waals surface area contributed by atoms with Crippen molar-refractivity contribution < 1.29 is 24.2 Å². The van der Waals surface area contributed by atoms with Gasteiger partial charge >= 0.3 is 5.91 Å². The average molecular weight is 559 g/mol. The monoisotopic (exact) mass is 558 g/mol. The molecule has 0 radical (unpaired) electrons. The van der Waals surface area contributed by atoms with Gasteiger partial charge in [-0.05, 0) is 66.6 Å². The minimum atomic E-state index is -0.905. The Hall–Kier alpha value is -4.14. The zero-order valence-corrected chi connectivity index (χ0v) is 22.5. The number of aromatic nitrogens is 1. The molecular weight excluding hydrogens is 536 g/mol. The number of benzene rings is 3. The second-order valence-corrected chi connectivity index (χ2v) is 10.8. The van der Waals surface area contributed by atoms with E-state index in [2.05, 4.69) is 11.6 Å². The molecule has 0 saturated carbocycles. The standard InChI is InChI=1S/C30H23ClN2O5S/c1-3-12-37-21-8-4-17(5-9-21)26-25(27(34)18-6-11-23-19(14-18)13-16(2)38-23)28(35)29(36)33(26)30-32-22-10-7-20(31)15-24(22)39-30/h3-11,14-16,26,34H,1,12-13H2,2H3/b27-25+. The smallest absolute Gasteiger partial charge is 0.301 e. The molecule has 0 spiro atoms. The fourth-order valence-corrected chi connectivity index (χ4v) is 6.23. The van der Waals surface area contributed by atoms with E-state index in [0.29, 0.717) is 45.6 Å². The van der Waals surface area contributed by atoms with Crippen LogP contribution < -0.4 is 14.4 Å². The van der Waals surface area contributed by atoms with Crippen molar-refractivity contribution in [1.82, 2.24) is 4.98 Å². The van der Waals surface area contributed by atoms with E-state index in [9.17, 15) is 14.7 Å². The molecule has 196 valence electrons. The van der Waals surface area contributed by atoms with E-state index in [0.717, 1.165) is 16.0 Å². The van der Waals surface area contributed by atoms with Gasteiger partial charge in [-0.1, -0.05) is 47.7 Å².